The number of hydrogen-bond donors (Lipinski definition) is 1. The van der Waals surface area contributed by atoms with Gasteiger partial charge in [-0.3, -0.25) is 0 Å². The summed E-state index contributed by atoms with van der Waals surface area (Å²) in [6.45, 7) is 1.77. The number of aromatic amines is 1. The van der Waals surface area contributed by atoms with Gasteiger partial charge in [0.05, 0.1) is 11.4 Å². The maximum atomic E-state index is 11.4. The molecular formula is C7H10N2O2S. The van der Waals surface area contributed by atoms with Crippen LogP contribution in [0.15, 0.2) is 5.03 Å². The predicted molar refractivity (Wildman–Crippen MR) is 43.7 cm³/mol. The minimum Gasteiger partial charge on any atom is -0.345 e. The average molecular weight is 186 g/mol. The van der Waals surface area contributed by atoms with E-state index in [1.807, 2.05) is 0 Å². The number of nitrogens with zero attached hydrogens (tertiary/aromatic N) is 1. The lowest BCUT2D eigenvalue weighted by Gasteiger charge is -2.08. The van der Waals surface area contributed by atoms with Crippen molar-refractivity contribution in [2.24, 2.45) is 0 Å². The lowest BCUT2D eigenvalue weighted by Crippen LogP contribution is -2.15. The molecule has 5 heteroatoms. The average Bonchev–Trinajstić information content (AvgIpc) is 2.30. The van der Waals surface area contributed by atoms with Crippen molar-refractivity contribution in [2.75, 3.05) is 5.75 Å². The molecule has 0 aromatic carbocycles. The molecule has 0 unspecified atom stereocenters. The van der Waals surface area contributed by atoms with Crippen LogP contribution < -0.4 is 0 Å². The van der Waals surface area contributed by atoms with E-state index < -0.39 is 9.84 Å². The molecule has 2 rings (SSSR count). The Bertz CT molecular complexity index is 405. The Kier molecular flexibility index (Phi) is 1.51. The highest BCUT2D eigenvalue weighted by Crippen LogP contribution is 2.21. The molecule has 0 spiro atoms. The summed E-state index contributed by atoms with van der Waals surface area (Å²) in [6.07, 6.45) is 1.51. The maximum absolute atomic E-state index is 11.4. The number of aryl methyl sites for hydroxylation is 2. The van der Waals surface area contributed by atoms with Gasteiger partial charge in [0.2, 0.25) is 0 Å². The van der Waals surface area contributed by atoms with E-state index in [1.54, 1.807) is 6.92 Å². The molecule has 1 aliphatic rings. The molecule has 0 saturated heterocycles. The first-order valence-corrected chi connectivity index (χ1v) is 5.53. The Balaban J connectivity index is 2.67. The molecule has 1 aromatic heterocycles. The molecule has 1 N–H and O–H groups in total. The van der Waals surface area contributed by atoms with E-state index in [4.69, 9.17) is 0 Å². The summed E-state index contributed by atoms with van der Waals surface area (Å²) >= 11 is 0. The fraction of sp³-hybridized carbons (Fsp3) is 0.571. The molecule has 4 nitrogen and oxygen atoms in total. The molecule has 0 bridgehead atoms. The van der Waals surface area contributed by atoms with Crippen molar-refractivity contribution in [3.8, 4) is 0 Å². The van der Waals surface area contributed by atoms with Crippen molar-refractivity contribution in [2.45, 2.75) is 24.8 Å². The number of sulfone groups is 1. The van der Waals surface area contributed by atoms with Crippen LogP contribution in [0.2, 0.25) is 0 Å². The zero-order valence-corrected chi connectivity index (χ0v) is 7.61. The lowest BCUT2D eigenvalue weighted by atomic mass is 10.3. The summed E-state index contributed by atoms with van der Waals surface area (Å²) in [5.41, 5.74) is 0.777. The monoisotopic (exact) mass is 186 g/mol. The normalized spacial score (nSPS) is 20.4. The number of H-pyrrole nitrogens is 1. The second-order valence-electron chi connectivity index (χ2n) is 3.03. The molecule has 0 aliphatic carbocycles. The van der Waals surface area contributed by atoms with E-state index in [1.165, 1.54) is 0 Å². The van der Waals surface area contributed by atoms with Crippen molar-refractivity contribution >= 4 is 9.84 Å². The number of hydrogen-bond acceptors (Lipinski definition) is 3. The fourth-order valence-corrected chi connectivity index (χ4v) is 3.00. The first-order chi connectivity index (χ1) is 5.59. The Morgan fingerprint density at radius 3 is 2.92 bits per heavy atom. The molecule has 66 valence electrons. The number of nitrogens with one attached hydrogen (secondary N) is 1. The van der Waals surface area contributed by atoms with Gasteiger partial charge >= 0.3 is 0 Å². The van der Waals surface area contributed by atoms with Crippen LogP contribution in [-0.4, -0.2) is 24.1 Å². The molecule has 1 aliphatic heterocycles. The predicted octanol–water partition coefficient (Wildman–Crippen LogP) is 0.438. The number of imidazole rings is 1. The van der Waals surface area contributed by atoms with Crippen LogP contribution in [0.5, 0.6) is 0 Å². The largest absolute Gasteiger partial charge is 0.345 e. The molecule has 12 heavy (non-hydrogen) atoms. The van der Waals surface area contributed by atoms with Crippen LogP contribution in [0.1, 0.15) is 17.9 Å². The minimum atomic E-state index is -3.06. The van der Waals surface area contributed by atoms with Gasteiger partial charge in [0.1, 0.15) is 5.82 Å². The zero-order chi connectivity index (χ0) is 8.77. The van der Waals surface area contributed by atoms with Gasteiger partial charge in [-0.2, -0.15) is 0 Å². The van der Waals surface area contributed by atoms with Gasteiger partial charge in [-0.05, 0) is 19.8 Å². The van der Waals surface area contributed by atoms with Gasteiger partial charge in [0.15, 0.2) is 14.9 Å². The van der Waals surface area contributed by atoms with E-state index in [-0.39, 0.29) is 10.8 Å². The molecule has 0 saturated carbocycles. The van der Waals surface area contributed by atoms with E-state index in [9.17, 15) is 8.42 Å². The van der Waals surface area contributed by atoms with Crippen molar-refractivity contribution in [3.63, 3.8) is 0 Å². The summed E-state index contributed by atoms with van der Waals surface area (Å²) in [7, 11) is -3.06. The van der Waals surface area contributed by atoms with E-state index in [0.717, 1.165) is 12.1 Å². The van der Waals surface area contributed by atoms with Crippen LogP contribution in [0, 0.1) is 6.92 Å². The van der Waals surface area contributed by atoms with E-state index in [0.29, 0.717) is 12.2 Å². The Morgan fingerprint density at radius 1 is 1.50 bits per heavy atom. The summed E-state index contributed by atoms with van der Waals surface area (Å²) in [5.74, 6) is 0.926. The number of rotatable bonds is 0. The van der Waals surface area contributed by atoms with Crippen LogP contribution in [0.4, 0.5) is 0 Å². The fourth-order valence-electron chi connectivity index (χ4n) is 1.48. The van der Waals surface area contributed by atoms with Crippen molar-refractivity contribution in [1.29, 1.82) is 0 Å². The standard InChI is InChI=1S/C7H10N2O2S/c1-5-8-6-3-2-4-12(10,11)7(6)9-5/h2-4H2,1H3,(H,8,9). The number of aromatic nitrogens is 2. The molecule has 0 fully saturated rings. The highest BCUT2D eigenvalue weighted by atomic mass is 32.2. The van der Waals surface area contributed by atoms with Gasteiger partial charge < -0.3 is 4.98 Å². The molecule has 0 radical (unpaired) electrons. The summed E-state index contributed by atoms with van der Waals surface area (Å²) in [4.78, 5) is 6.92. The third kappa shape index (κ3) is 1.04. The second kappa shape index (κ2) is 2.32. The van der Waals surface area contributed by atoms with Gasteiger partial charge in [-0.15, -0.1) is 0 Å². The van der Waals surface area contributed by atoms with Crippen LogP contribution in [0.3, 0.4) is 0 Å². The molecular weight excluding hydrogens is 176 g/mol. The maximum Gasteiger partial charge on any atom is 0.197 e. The molecule has 2 heterocycles. The van der Waals surface area contributed by atoms with Crippen molar-refractivity contribution < 1.29 is 8.42 Å². The second-order valence-corrected chi connectivity index (χ2v) is 5.05. The Labute approximate surface area is 70.9 Å². The third-order valence-electron chi connectivity index (χ3n) is 1.99. The van der Waals surface area contributed by atoms with Crippen molar-refractivity contribution in [3.05, 3.63) is 11.5 Å². The van der Waals surface area contributed by atoms with Gasteiger partial charge in [0, 0.05) is 0 Å². The molecule has 0 atom stereocenters. The Hall–Kier alpha value is -0.840. The first kappa shape index (κ1) is 7.79. The summed E-state index contributed by atoms with van der Waals surface area (Å²) in [6, 6.07) is 0. The zero-order valence-electron chi connectivity index (χ0n) is 6.79. The van der Waals surface area contributed by atoms with Gasteiger partial charge in [-0.25, -0.2) is 13.4 Å². The molecule has 0 amide bonds. The number of fused-ring (bicyclic) bond motifs is 1. The van der Waals surface area contributed by atoms with Crippen LogP contribution in [0.25, 0.3) is 0 Å². The smallest absolute Gasteiger partial charge is 0.197 e. The third-order valence-corrected chi connectivity index (χ3v) is 3.75. The lowest BCUT2D eigenvalue weighted by molar-refractivity contribution is 0.582. The topological polar surface area (TPSA) is 62.8 Å². The Morgan fingerprint density at radius 2 is 2.25 bits per heavy atom. The van der Waals surface area contributed by atoms with Crippen LogP contribution in [-0.2, 0) is 16.3 Å². The van der Waals surface area contributed by atoms with E-state index >= 15 is 0 Å². The van der Waals surface area contributed by atoms with E-state index in [2.05, 4.69) is 9.97 Å². The van der Waals surface area contributed by atoms with Crippen molar-refractivity contribution in [1.82, 2.24) is 9.97 Å². The SMILES string of the molecule is Cc1nc2c([nH]1)CCCS2(=O)=O. The summed E-state index contributed by atoms with van der Waals surface area (Å²) in [5, 5.41) is 0.270. The first-order valence-electron chi connectivity index (χ1n) is 3.88. The van der Waals surface area contributed by atoms with Crippen LogP contribution >= 0.6 is 0 Å². The minimum absolute atomic E-state index is 0.240. The summed E-state index contributed by atoms with van der Waals surface area (Å²) < 4.78 is 22.8. The van der Waals surface area contributed by atoms with Gasteiger partial charge in [0.25, 0.3) is 0 Å². The van der Waals surface area contributed by atoms with Gasteiger partial charge in [-0.1, -0.05) is 0 Å². The highest BCUT2D eigenvalue weighted by molar-refractivity contribution is 7.91. The highest BCUT2D eigenvalue weighted by Gasteiger charge is 2.26. The molecule has 1 aromatic rings. The quantitative estimate of drug-likeness (QED) is 0.639.